The molecule has 1 rings (SSSR count). The second-order valence-corrected chi connectivity index (χ2v) is 6.42. The van der Waals surface area contributed by atoms with E-state index in [4.69, 9.17) is 14.2 Å². The number of aromatic hydroxyl groups is 1. The topological polar surface area (TPSA) is 47.9 Å². The standard InChI is InChI=1S/C21H36O4/c1-4-7-12-23-15-18-10-11-21(22)20(17-25-14-9-6-3)19(18)16-24-13-8-5-2/h10-11,22H,4-9,12-17H2,1-3H3. The summed E-state index contributed by atoms with van der Waals surface area (Å²) in [5.41, 5.74) is 2.94. The molecule has 0 unspecified atom stereocenters. The zero-order valence-electron chi connectivity index (χ0n) is 16.3. The van der Waals surface area contributed by atoms with E-state index in [1.165, 1.54) is 0 Å². The van der Waals surface area contributed by atoms with Gasteiger partial charge in [-0.2, -0.15) is 0 Å². The molecule has 25 heavy (non-hydrogen) atoms. The molecule has 0 fully saturated rings. The van der Waals surface area contributed by atoms with E-state index in [2.05, 4.69) is 20.8 Å². The maximum Gasteiger partial charge on any atom is 0.121 e. The molecule has 0 spiro atoms. The highest BCUT2D eigenvalue weighted by atomic mass is 16.5. The fourth-order valence-electron chi connectivity index (χ4n) is 2.47. The van der Waals surface area contributed by atoms with Crippen molar-refractivity contribution in [1.82, 2.24) is 0 Å². The van der Waals surface area contributed by atoms with Gasteiger partial charge in [-0.05, 0) is 36.5 Å². The SMILES string of the molecule is CCCCOCc1ccc(O)c(COCCCC)c1COCCCC. The van der Waals surface area contributed by atoms with Crippen LogP contribution in [0.1, 0.15) is 76.0 Å². The smallest absolute Gasteiger partial charge is 0.121 e. The second-order valence-electron chi connectivity index (χ2n) is 6.42. The number of hydrogen-bond acceptors (Lipinski definition) is 4. The Hall–Kier alpha value is -1.10. The molecule has 0 saturated carbocycles. The summed E-state index contributed by atoms with van der Waals surface area (Å²) >= 11 is 0. The number of rotatable bonds is 15. The fourth-order valence-corrected chi connectivity index (χ4v) is 2.47. The molecule has 144 valence electrons. The Kier molecular flexibility index (Phi) is 12.4. The Morgan fingerprint density at radius 2 is 1.16 bits per heavy atom. The molecule has 1 aromatic carbocycles. The van der Waals surface area contributed by atoms with Gasteiger partial charge in [0.2, 0.25) is 0 Å². The average molecular weight is 353 g/mol. The lowest BCUT2D eigenvalue weighted by Gasteiger charge is -2.17. The molecule has 1 N–H and O–H groups in total. The van der Waals surface area contributed by atoms with Gasteiger partial charge in [-0.3, -0.25) is 0 Å². The van der Waals surface area contributed by atoms with Crippen LogP contribution in [0.4, 0.5) is 0 Å². The van der Waals surface area contributed by atoms with Crippen LogP contribution in [0.15, 0.2) is 12.1 Å². The van der Waals surface area contributed by atoms with Crippen molar-refractivity contribution < 1.29 is 19.3 Å². The van der Waals surface area contributed by atoms with Crippen LogP contribution in [0.2, 0.25) is 0 Å². The third kappa shape index (κ3) is 8.70. The fraction of sp³-hybridized carbons (Fsp3) is 0.714. The summed E-state index contributed by atoms with van der Waals surface area (Å²) in [7, 11) is 0. The minimum atomic E-state index is 0.280. The Labute approximate surface area is 153 Å². The largest absolute Gasteiger partial charge is 0.508 e. The molecule has 0 radical (unpaired) electrons. The van der Waals surface area contributed by atoms with Gasteiger partial charge in [0.15, 0.2) is 0 Å². The zero-order valence-corrected chi connectivity index (χ0v) is 16.3. The van der Waals surface area contributed by atoms with Crippen molar-refractivity contribution in [1.29, 1.82) is 0 Å². The predicted octanol–water partition coefficient (Wildman–Crippen LogP) is 5.34. The first kappa shape index (κ1) is 21.9. The minimum absolute atomic E-state index is 0.280. The lowest BCUT2D eigenvalue weighted by molar-refractivity contribution is 0.0956. The molecule has 0 amide bonds. The van der Waals surface area contributed by atoms with Crippen LogP contribution in [-0.2, 0) is 34.0 Å². The van der Waals surface area contributed by atoms with Crippen molar-refractivity contribution in [3.63, 3.8) is 0 Å². The highest BCUT2D eigenvalue weighted by molar-refractivity contribution is 5.43. The maximum atomic E-state index is 10.3. The summed E-state index contributed by atoms with van der Waals surface area (Å²) in [5, 5.41) is 10.3. The Bertz CT molecular complexity index is 459. The van der Waals surface area contributed by atoms with Crippen molar-refractivity contribution in [2.75, 3.05) is 19.8 Å². The molecule has 0 aliphatic carbocycles. The van der Waals surface area contributed by atoms with Crippen LogP contribution in [0.5, 0.6) is 5.75 Å². The van der Waals surface area contributed by atoms with Gasteiger partial charge in [-0.25, -0.2) is 0 Å². The summed E-state index contributed by atoms with van der Waals surface area (Å²) in [4.78, 5) is 0. The third-order valence-corrected chi connectivity index (χ3v) is 4.18. The molecule has 0 aromatic heterocycles. The lowest BCUT2D eigenvalue weighted by atomic mass is 10.0. The molecule has 0 aliphatic heterocycles. The van der Waals surface area contributed by atoms with Gasteiger partial charge in [0.05, 0.1) is 19.8 Å². The predicted molar refractivity (Wildman–Crippen MR) is 102 cm³/mol. The van der Waals surface area contributed by atoms with Crippen molar-refractivity contribution in [2.45, 2.75) is 79.1 Å². The summed E-state index contributed by atoms with van der Waals surface area (Å²) in [6.45, 7) is 10.1. The summed E-state index contributed by atoms with van der Waals surface area (Å²) in [5.74, 6) is 0.280. The lowest BCUT2D eigenvalue weighted by Crippen LogP contribution is -2.08. The van der Waals surface area contributed by atoms with Crippen molar-refractivity contribution in [3.05, 3.63) is 28.8 Å². The van der Waals surface area contributed by atoms with E-state index in [1.54, 1.807) is 6.07 Å². The van der Waals surface area contributed by atoms with Gasteiger partial charge in [-0.1, -0.05) is 46.1 Å². The molecule has 0 bridgehead atoms. The van der Waals surface area contributed by atoms with E-state index >= 15 is 0 Å². The second kappa shape index (κ2) is 14.1. The molecular formula is C21H36O4. The number of ether oxygens (including phenoxy) is 3. The average Bonchev–Trinajstić information content (AvgIpc) is 2.62. The van der Waals surface area contributed by atoms with Gasteiger partial charge in [0.25, 0.3) is 0 Å². The highest BCUT2D eigenvalue weighted by Gasteiger charge is 2.14. The molecule has 0 heterocycles. The maximum absolute atomic E-state index is 10.3. The zero-order chi connectivity index (χ0) is 18.3. The molecule has 1 aromatic rings. The molecule has 0 saturated heterocycles. The van der Waals surface area contributed by atoms with E-state index in [-0.39, 0.29) is 5.75 Å². The molecule has 4 heteroatoms. The minimum Gasteiger partial charge on any atom is -0.508 e. The quantitative estimate of drug-likeness (QED) is 0.433. The summed E-state index contributed by atoms with van der Waals surface area (Å²) < 4.78 is 17.4. The van der Waals surface area contributed by atoms with Gasteiger partial charge in [-0.15, -0.1) is 0 Å². The van der Waals surface area contributed by atoms with Gasteiger partial charge in [0, 0.05) is 25.4 Å². The van der Waals surface area contributed by atoms with Crippen LogP contribution < -0.4 is 0 Å². The Morgan fingerprint density at radius 3 is 1.68 bits per heavy atom. The first-order valence-corrected chi connectivity index (χ1v) is 9.80. The van der Waals surface area contributed by atoms with E-state index < -0.39 is 0 Å². The number of benzene rings is 1. The van der Waals surface area contributed by atoms with Crippen LogP contribution in [-0.4, -0.2) is 24.9 Å². The van der Waals surface area contributed by atoms with E-state index in [0.29, 0.717) is 26.4 Å². The molecular weight excluding hydrogens is 316 g/mol. The summed E-state index contributed by atoms with van der Waals surface area (Å²) in [6, 6.07) is 3.68. The third-order valence-electron chi connectivity index (χ3n) is 4.18. The number of unbranched alkanes of at least 4 members (excludes halogenated alkanes) is 3. The molecule has 0 atom stereocenters. The van der Waals surface area contributed by atoms with Gasteiger partial charge < -0.3 is 19.3 Å². The van der Waals surface area contributed by atoms with Crippen molar-refractivity contribution >= 4 is 0 Å². The molecule has 0 aliphatic rings. The van der Waals surface area contributed by atoms with Gasteiger partial charge >= 0.3 is 0 Å². The van der Waals surface area contributed by atoms with Crippen molar-refractivity contribution in [2.24, 2.45) is 0 Å². The summed E-state index contributed by atoms with van der Waals surface area (Å²) in [6.07, 6.45) is 6.48. The first-order chi connectivity index (χ1) is 12.2. The first-order valence-electron chi connectivity index (χ1n) is 9.80. The van der Waals surface area contributed by atoms with Crippen LogP contribution in [0, 0.1) is 0 Å². The van der Waals surface area contributed by atoms with E-state index in [1.807, 2.05) is 6.07 Å². The highest BCUT2D eigenvalue weighted by Crippen LogP contribution is 2.27. The monoisotopic (exact) mass is 352 g/mol. The normalized spacial score (nSPS) is 11.2. The Morgan fingerprint density at radius 1 is 0.680 bits per heavy atom. The number of phenols is 1. The van der Waals surface area contributed by atoms with Crippen LogP contribution >= 0.6 is 0 Å². The van der Waals surface area contributed by atoms with Gasteiger partial charge in [0.1, 0.15) is 5.75 Å². The van der Waals surface area contributed by atoms with E-state index in [9.17, 15) is 5.11 Å². The Balaban J connectivity index is 2.80. The van der Waals surface area contributed by atoms with Crippen LogP contribution in [0.3, 0.4) is 0 Å². The molecule has 4 nitrogen and oxygen atoms in total. The van der Waals surface area contributed by atoms with E-state index in [0.717, 1.165) is 68.4 Å². The number of hydrogen-bond donors (Lipinski definition) is 1. The van der Waals surface area contributed by atoms with Crippen molar-refractivity contribution in [3.8, 4) is 5.75 Å². The number of phenolic OH excluding ortho intramolecular Hbond substituents is 1. The van der Waals surface area contributed by atoms with Crippen LogP contribution in [0.25, 0.3) is 0 Å².